The van der Waals surface area contributed by atoms with Crippen molar-refractivity contribution in [3.05, 3.63) is 64.7 Å². The molecule has 0 spiro atoms. The molecule has 1 N–H and O–H groups in total. The van der Waals surface area contributed by atoms with Gasteiger partial charge >= 0.3 is 5.97 Å². The molecule has 0 saturated heterocycles. The van der Waals surface area contributed by atoms with E-state index in [9.17, 15) is 4.79 Å². The Morgan fingerprint density at radius 1 is 1.16 bits per heavy atom. The van der Waals surface area contributed by atoms with Crippen LogP contribution in [0.3, 0.4) is 0 Å². The minimum absolute atomic E-state index is 0.0128. The third kappa shape index (κ3) is 4.60. The molecule has 0 amide bonds. The maximum Gasteiger partial charge on any atom is 0.335 e. The Hall–Kier alpha value is -3.77. The molecule has 0 aliphatic rings. The van der Waals surface area contributed by atoms with Gasteiger partial charge in [-0.3, -0.25) is 0 Å². The van der Waals surface area contributed by atoms with Crippen molar-refractivity contribution in [3.8, 4) is 23.6 Å². The van der Waals surface area contributed by atoms with Gasteiger partial charge in [0.1, 0.15) is 24.3 Å². The number of ether oxygens (including phenoxy) is 2. The molecule has 0 heterocycles. The second kappa shape index (κ2) is 8.19. The molecular weight excluding hydrogens is 320 g/mol. The molecular formula is C19H14N2O4. The van der Waals surface area contributed by atoms with Crippen LogP contribution in [0, 0.1) is 22.7 Å². The zero-order valence-corrected chi connectivity index (χ0v) is 13.4. The van der Waals surface area contributed by atoms with Crippen LogP contribution in [0.15, 0.2) is 48.0 Å². The molecule has 2 aromatic rings. The summed E-state index contributed by atoms with van der Waals surface area (Å²) in [6.45, 7) is 0.175. The number of nitriles is 2. The largest absolute Gasteiger partial charge is 0.493 e. The van der Waals surface area contributed by atoms with Gasteiger partial charge in [-0.1, -0.05) is 18.2 Å². The first kappa shape index (κ1) is 17.6. The molecule has 0 aromatic heterocycles. The van der Waals surface area contributed by atoms with E-state index in [0.29, 0.717) is 22.6 Å². The average molecular weight is 334 g/mol. The van der Waals surface area contributed by atoms with Gasteiger partial charge < -0.3 is 14.6 Å². The summed E-state index contributed by atoms with van der Waals surface area (Å²) in [4.78, 5) is 11.0. The van der Waals surface area contributed by atoms with Gasteiger partial charge in [0.15, 0.2) is 11.5 Å². The van der Waals surface area contributed by atoms with Gasteiger partial charge in [-0.05, 0) is 41.5 Å². The summed E-state index contributed by atoms with van der Waals surface area (Å²) in [7, 11) is 1.48. The fourth-order valence-electron chi connectivity index (χ4n) is 2.10. The quantitative estimate of drug-likeness (QED) is 0.812. The molecule has 0 aliphatic heterocycles. The van der Waals surface area contributed by atoms with Crippen LogP contribution in [0.1, 0.15) is 21.5 Å². The molecule has 124 valence electrons. The number of carboxylic acids is 1. The molecule has 0 atom stereocenters. The molecule has 25 heavy (non-hydrogen) atoms. The van der Waals surface area contributed by atoms with Gasteiger partial charge in [0.2, 0.25) is 0 Å². The molecule has 0 saturated carbocycles. The van der Waals surface area contributed by atoms with Crippen molar-refractivity contribution in [1.82, 2.24) is 0 Å². The van der Waals surface area contributed by atoms with Gasteiger partial charge in [-0.2, -0.15) is 10.5 Å². The summed E-state index contributed by atoms with van der Waals surface area (Å²) in [5.41, 5.74) is 1.52. The third-order valence-electron chi connectivity index (χ3n) is 3.31. The Morgan fingerprint density at radius 3 is 2.56 bits per heavy atom. The van der Waals surface area contributed by atoms with E-state index in [4.69, 9.17) is 25.1 Å². The number of rotatable bonds is 6. The number of carbonyl (C=O) groups is 1. The molecule has 0 bridgehead atoms. The number of methoxy groups -OCH3 is 1. The number of hydrogen-bond donors (Lipinski definition) is 1. The minimum atomic E-state index is -0.999. The van der Waals surface area contributed by atoms with Crippen LogP contribution in [-0.2, 0) is 6.61 Å². The summed E-state index contributed by atoms with van der Waals surface area (Å²) >= 11 is 0. The summed E-state index contributed by atoms with van der Waals surface area (Å²) < 4.78 is 11.0. The number of benzene rings is 2. The van der Waals surface area contributed by atoms with E-state index in [-0.39, 0.29) is 17.7 Å². The van der Waals surface area contributed by atoms with E-state index >= 15 is 0 Å². The third-order valence-corrected chi connectivity index (χ3v) is 3.31. The Bertz CT molecular complexity index is 888. The van der Waals surface area contributed by atoms with Crippen molar-refractivity contribution < 1.29 is 19.4 Å². The van der Waals surface area contributed by atoms with Gasteiger partial charge in [0, 0.05) is 0 Å². The predicted octanol–water partition coefficient (Wildman–Crippen LogP) is 3.40. The molecule has 6 nitrogen and oxygen atoms in total. The zero-order chi connectivity index (χ0) is 18.2. The molecule has 0 aliphatic carbocycles. The van der Waals surface area contributed by atoms with Crippen LogP contribution in [-0.4, -0.2) is 18.2 Å². The zero-order valence-electron chi connectivity index (χ0n) is 13.4. The number of carboxylic acid groups (broad SMARTS) is 1. The lowest BCUT2D eigenvalue weighted by Crippen LogP contribution is -2.01. The van der Waals surface area contributed by atoms with Crippen molar-refractivity contribution in [1.29, 1.82) is 10.5 Å². The number of allylic oxidation sites excluding steroid dienone is 1. The first-order valence-corrected chi connectivity index (χ1v) is 7.22. The first-order chi connectivity index (χ1) is 12.1. The summed E-state index contributed by atoms with van der Waals surface area (Å²) in [5.74, 6) is -0.0874. The van der Waals surface area contributed by atoms with Crippen molar-refractivity contribution in [2.75, 3.05) is 7.11 Å². The van der Waals surface area contributed by atoms with Crippen LogP contribution < -0.4 is 9.47 Å². The fraction of sp³-hybridized carbons (Fsp3) is 0.105. The van der Waals surface area contributed by atoms with Crippen molar-refractivity contribution in [2.24, 2.45) is 0 Å². The molecule has 0 unspecified atom stereocenters. The highest BCUT2D eigenvalue weighted by molar-refractivity contribution is 5.87. The van der Waals surface area contributed by atoms with E-state index in [0.717, 1.165) is 0 Å². The molecule has 6 heteroatoms. The van der Waals surface area contributed by atoms with Crippen LogP contribution >= 0.6 is 0 Å². The van der Waals surface area contributed by atoms with Gasteiger partial charge in [-0.25, -0.2) is 4.79 Å². The molecule has 0 radical (unpaired) electrons. The van der Waals surface area contributed by atoms with Crippen LogP contribution in [0.2, 0.25) is 0 Å². The lowest BCUT2D eigenvalue weighted by atomic mass is 10.1. The van der Waals surface area contributed by atoms with Crippen molar-refractivity contribution in [3.63, 3.8) is 0 Å². The standard InChI is InChI=1S/C19H14N2O4/c1-24-18-9-13(7-15(10-20)11-21)5-6-17(18)25-12-14-3-2-4-16(8-14)19(22)23/h2-9H,12H2,1H3,(H,22,23). The van der Waals surface area contributed by atoms with E-state index in [1.54, 1.807) is 42.5 Å². The van der Waals surface area contributed by atoms with E-state index in [1.807, 2.05) is 0 Å². The molecule has 2 rings (SSSR count). The smallest absolute Gasteiger partial charge is 0.335 e. The van der Waals surface area contributed by atoms with E-state index in [1.165, 1.54) is 25.3 Å². The van der Waals surface area contributed by atoms with E-state index in [2.05, 4.69) is 0 Å². The highest BCUT2D eigenvalue weighted by Gasteiger charge is 2.08. The number of nitrogens with zero attached hydrogens (tertiary/aromatic N) is 2. The fourth-order valence-corrected chi connectivity index (χ4v) is 2.10. The van der Waals surface area contributed by atoms with Gasteiger partial charge in [-0.15, -0.1) is 0 Å². The first-order valence-electron chi connectivity index (χ1n) is 7.22. The lowest BCUT2D eigenvalue weighted by Gasteiger charge is -2.11. The second-order valence-electron chi connectivity index (χ2n) is 4.99. The Kier molecular flexibility index (Phi) is 5.76. The number of hydrogen-bond acceptors (Lipinski definition) is 5. The SMILES string of the molecule is COc1cc(C=C(C#N)C#N)ccc1OCc1cccc(C(=O)O)c1. The highest BCUT2D eigenvalue weighted by Crippen LogP contribution is 2.29. The van der Waals surface area contributed by atoms with Crippen molar-refractivity contribution in [2.45, 2.75) is 6.61 Å². The minimum Gasteiger partial charge on any atom is -0.493 e. The topological polar surface area (TPSA) is 103 Å². The Morgan fingerprint density at radius 2 is 1.92 bits per heavy atom. The summed E-state index contributed by atoms with van der Waals surface area (Å²) in [6.07, 6.45) is 1.45. The molecule has 2 aromatic carbocycles. The van der Waals surface area contributed by atoms with Crippen LogP contribution in [0.25, 0.3) is 6.08 Å². The Labute approximate surface area is 144 Å². The number of aromatic carboxylic acids is 1. The van der Waals surface area contributed by atoms with Crippen LogP contribution in [0.5, 0.6) is 11.5 Å². The highest BCUT2D eigenvalue weighted by atomic mass is 16.5. The van der Waals surface area contributed by atoms with Gasteiger partial charge in [0.05, 0.1) is 12.7 Å². The summed E-state index contributed by atoms with van der Waals surface area (Å²) in [6, 6.07) is 15.1. The average Bonchev–Trinajstić information content (AvgIpc) is 2.64. The molecule has 0 fully saturated rings. The van der Waals surface area contributed by atoms with Crippen molar-refractivity contribution >= 4 is 12.0 Å². The van der Waals surface area contributed by atoms with E-state index < -0.39 is 5.97 Å². The maximum atomic E-state index is 11.0. The second-order valence-corrected chi connectivity index (χ2v) is 4.99. The summed E-state index contributed by atoms with van der Waals surface area (Å²) in [5, 5.41) is 26.6. The predicted molar refractivity (Wildman–Crippen MR) is 89.9 cm³/mol. The lowest BCUT2D eigenvalue weighted by molar-refractivity contribution is 0.0696. The Balaban J connectivity index is 2.19. The monoisotopic (exact) mass is 334 g/mol. The maximum absolute atomic E-state index is 11.0. The van der Waals surface area contributed by atoms with Crippen LogP contribution in [0.4, 0.5) is 0 Å². The normalized spacial score (nSPS) is 9.40. The van der Waals surface area contributed by atoms with Gasteiger partial charge in [0.25, 0.3) is 0 Å².